The number of piperazine rings is 1. The molecule has 1 aliphatic rings. The fraction of sp³-hybridized carbons (Fsp3) is 0.783. The van der Waals surface area contributed by atoms with Gasteiger partial charge in [0.05, 0.1) is 0 Å². The lowest BCUT2D eigenvalue weighted by Gasteiger charge is -2.35. The molecular weight excluding hydrogens is 388 g/mol. The van der Waals surface area contributed by atoms with Crippen molar-refractivity contribution in [2.45, 2.75) is 47.0 Å². The number of nitrogens with two attached hydrogens (primary N) is 1. The molecule has 174 valence electrons. The molecule has 8 heteroatoms. The first-order valence-corrected chi connectivity index (χ1v) is 12.0. The molecule has 0 bridgehead atoms. The highest BCUT2D eigenvalue weighted by molar-refractivity contribution is 5.80. The van der Waals surface area contributed by atoms with Crippen molar-refractivity contribution in [2.75, 3.05) is 64.6 Å². The van der Waals surface area contributed by atoms with E-state index < -0.39 is 0 Å². The molecule has 2 aromatic heterocycles. The molecule has 3 heterocycles. The molecule has 2 aromatic rings. The largest absolute Gasteiger partial charge is 0.382 e. The maximum atomic E-state index is 5.88. The topological polar surface area (TPSA) is 90.2 Å². The number of imidazole rings is 1. The van der Waals surface area contributed by atoms with E-state index in [0.717, 1.165) is 42.6 Å². The smallest absolute Gasteiger partial charge is 0.183 e. The van der Waals surface area contributed by atoms with Crippen LogP contribution in [0.3, 0.4) is 0 Å². The molecule has 0 saturated carbocycles. The van der Waals surface area contributed by atoms with Crippen LogP contribution in [0.1, 0.15) is 46.4 Å². The SMILES string of the molecule is CC(C)CN(CCCN1CCN(CCCc2nc3ncnc(N)c3[nH]2)CC1)CC(C)C. The molecule has 8 nitrogen and oxygen atoms in total. The second kappa shape index (κ2) is 11.7. The average molecular weight is 431 g/mol. The second-order valence-electron chi connectivity index (χ2n) is 9.83. The zero-order chi connectivity index (χ0) is 22.2. The molecule has 0 atom stereocenters. The highest BCUT2D eigenvalue weighted by atomic mass is 15.3. The summed E-state index contributed by atoms with van der Waals surface area (Å²) in [5, 5.41) is 0. The summed E-state index contributed by atoms with van der Waals surface area (Å²) in [5.74, 6) is 2.91. The van der Waals surface area contributed by atoms with Gasteiger partial charge in [0.15, 0.2) is 11.5 Å². The summed E-state index contributed by atoms with van der Waals surface area (Å²) in [5.41, 5.74) is 7.30. The summed E-state index contributed by atoms with van der Waals surface area (Å²) in [4.78, 5) is 23.9. The Morgan fingerprint density at radius 1 is 0.968 bits per heavy atom. The van der Waals surface area contributed by atoms with Gasteiger partial charge in [0.2, 0.25) is 0 Å². The maximum absolute atomic E-state index is 5.88. The Kier molecular flexibility index (Phi) is 9.04. The third kappa shape index (κ3) is 7.70. The Labute approximate surface area is 187 Å². The number of aromatic nitrogens is 4. The lowest BCUT2D eigenvalue weighted by atomic mass is 10.1. The van der Waals surface area contributed by atoms with E-state index >= 15 is 0 Å². The van der Waals surface area contributed by atoms with Crippen molar-refractivity contribution in [3.05, 3.63) is 12.2 Å². The molecule has 0 aromatic carbocycles. The number of nitrogens with one attached hydrogen (secondary N) is 1. The van der Waals surface area contributed by atoms with Crippen LogP contribution in [-0.2, 0) is 6.42 Å². The summed E-state index contributed by atoms with van der Waals surface area (Å²) < 4.78 is 0. The van der Waals surface area contributed by atoms with Crippen molar-refractivity contribution in [3.63, 3.8) is 0 Å². The highest BCUT2D eigenvalue weighted by Gasteiger charge is 2.17. The minimum Gasteiger partial charge on any atom is -0.382 e. The lowest BCUT2D eigenvalue weighted by molar-refractivity contribution is 0.123. The minimum absolute atomic E-state index is 0.469. The number of hydrogen-bond donors (Lipinski definition) is 2. The number of H-pyrrole nitrogens is 1. The molecule has 1 aliphatic heterocycles. The van der Waals surface area contributed by atoms with Gasteiger partial charge in [0.1, 0.15) is 17.7 Å². The Morgan fingerprint density at radius 2 is 1.58 bits per heavy atom. The van der Waals surface area contributed by atoms with Gasteiger partial charge in [0.25, 0.3) is 0 Å². The van der Waals surface area contributed by atoms with E-state index in [1.54, 1.807) is 0 Å². The van der Waals surface area contributed by atoms with Gasteiger partial charge < -0.3 is 25.4 Å². The predicted octanol–water partition coefficient (Wildman–Crippen LogP) is 2.49. The van der Waals surface area contributed by atoms with Crippen molar-refractivity contribution < 1.29 is 0 Å². The molecule has 3 N–H and O–H groups in total. The van der Waals surface area contributed by atoms with E-state index in [9.17, 15) is 0 Å². The first-order valence-electron chi connectivity index (χ1n) is 12.0. The predicted molar refractivity (Wildman–Crippen MR) is 128 cm³/mol. The van der Waals surface area contributed by atoms with Crippen molar-refractivity contribution in [2.24, 2.45) is 11.8 Å². The van der Waals surface area contributed by atoms with Gasteiger partial charge in [-0.1, -0.05) is 27.7 Å². The number of anilines is 1. The number of aromatic amines is 1. The normalized spacial score (nSPS) is 16.4. The molecule has 0 radical (unpaired) electrons. The molecule has 1 saturated heterocycles. The van der Waals surface area contributed by atoms with E-state index in [2.05, 4.69) is 62.3 Å². The number of rotatable bonds is 12. The molecule has 1 fully saturated rings. The van der Waals surface area contributed by atoms with Crippen molar-refractivity contribution in [3.8, 4) is 0 Å². The zero-order valence-corrected chi connectivity index (χ0v) is 20.0. The summed E-state index contributed by atoms with van der Waals surface area (Å²) in [7, 11) is 0. The van der Waals surface area contributed by atoms with E-state index in [-0.39, 0.29) is 0 Å². The third-order valence-electron chi connectivity index (χ3n) is 5.91. The van der Waals surface area contributed by atoms with Crippen molar-refractivity contribution in [1.82, 2.24) is 34.6 Å². The summed E-state index contributed by atoms with van der Waals surface area (Å²) in [6.07, 6.45) is 4.75. The Balaban J connectivity index is 1.31. The fourth-order valence-electron chi connectivity index (χ4n) is 4.53. The van der Waals surface area contributed by atoms with Crippen LogP contribution < -0.4 is 5.73 Å². The average Bonchev–Trinajstić information content (AvgIpc) is 3.12. The Morgan fingerprint density at radius 3 is 2.16 bits per heavy atom. The maximum Gasteiger partial charge on any atom is 0.183 e. The number of aryl methyl sites for hydroxylation is 1. The summed E-state index contributed by atoms with van der Waals surface area (Å²) in [6, 6.07) is 0. The van der Waals surface area contributed by atoms with Crippen LogP contribution in [0.15, 0.2) is 6.33 Å². The van der Waals surface area contributed by atoms with Crippen molar-refractivity contribution in [1.29, 1.82) is 0 Å². The Bertz CT molecular complexity index is 769. The van der Waals surface area contributed by atoms with E-state index in [1.807, 2.05) is 0 Å². The third-order valence-corrected chi connectivity index (χ3v) is 5.91. The molecule has 31 heavy (non-hydrogen) atoms. The highest BCUT2D eigenvalue weighted by Crippen LogP contribution is 2.14. The van der Waals surface area contributed by atoms with Gasteiger partial charge >= 0.3 is 0 Å². The van der Waals surface area contributed by atoms with Gasteiger partial charge in [-0.15, -0.1) is 0 Å². The summed E-state index contributed by atoms with van der Waals surface area (Å²) in [6.45, 7) is 20.0. The van der Waals surface area contributed by atoms with Crippen LogP contribution in [0.25, 0.3) is 11.2 Å². The fourth-order valence-corrected chi connectivity index (χ4v) is 4.53. The van der Waals surface area contributed by atoms with Crippen LogP contribution in [-0.4, -0.2) is 93.5 Å². The van der Waals surface area contributed by atoms with E-state index in [4.69, 9.17) is 5.73 Å². The Hall–Kier alpha value is -1.77. The second-order valence-corrected chi connectivity index (χ2v) is 9.83. The summed E-state index contributed by atoms with van der Waals surface area (Å²) >= 11 is 0. The number of nitrogens with zero attached hydrogens (tertiary/aromatic N) is 6. The zero-order valence-electron chi connectivity index (χ0n) is 20.0. The molecule has 0 spiro atoms. The van der Waals surface area contributed by atoms with Crippen LogP contribution in [0.2, 0.25) is 0 Å². The molecular formula is C23H42N8. The lowest BCUT2D eigenvalue weighted by Crippen LogP contribution is -2.47. The number of fused-ring (bicyclic) bond motifs is 1. The first kappa shape index (κ1) is 23.9. The van der Waals surface area contributed by atoms with Gasteiger partial charge in [-0.3, -0.25) is 0 Å². The van der Waals surface area contributed by atoms with Crippen LogP contribution >= 0.6 is 0 Å². The van der Waals surface area contributed by atoms with Crippen LogP contribution in [0.4, 0.5) is 5.82 Å². The molecule has 0 amide bonds. The first-order chi connectivity index (χ1) is 14.9. The number of hydrogen-bond acceptors (Lipinski definition) is 7. The monoisotopic (exact) mass is 430 g/mol. The van der Waals surface area contributed by atoms with Gasteiger partial charge in [-0.25, -0.2) is 15.0 Å². The van der Waals surface area contributed by atoms with E-state index in [0.29, 0.717) is 11.5 Å². The minimum atomic E-state index is 0.469. The van der Waals surface area contributed by atoms with Crippen molar-refractivity contribution >= 4 is 17.0 Å². The number of nitrogen functional groups attached to an aromatic ring is 1. The van der Waals surface area contributed by atoms with Gasteiger partial charge in [-0.05, 0) is 44.3 Å². The molecule has 0 unspecified atom stereocenters. The van der Waals surface area contributed by atoms with Crippen LogP contribution in [0.5, 0.6) is 0 Å². The molecule has 0 aliphatic carbocycles. The van der Waals surface area contributed by atoms with Gasteiger partial charge in [0, 0.05) is 45.7 Å². The molecule has 3 rings (SSSR count). The van der Waals surface area contributed by atoms with Crippen LogP contribution in [0, 0.1) is 11.8 Å². The quantitative estimate of drug-likeness (QED) is 0.535. The standard InChI is InChI=1S/C23H42N8/c1-18(2)15-31(16-19(3)4)10-6-9-30-13-11-29(12-14-30)8-5-7-20-27-21-22(24)25-17-26-23(21)28-20/h17-19H,5-16H2,1-4H3,(H3,24,25,26,27,28). The van der Waals surface area contributed by atoms with E-state index in [1.165, 1.54) is 65.1 Å². The van der Waals surface area contributed by atoms with Gasteiger partial charge in [-0.2, -0.15) is 0 Å².